The Morgan fingerprint density at radius 3 is 2.53 bits per heavy atom. The van der Waals surface area contributed by atoms with E-state index in [0.29, 0.717) is 6.42 Å². The smallest absolute Gasteiger partial charge is 0.334 e. The number of benzene rings is 1. The van der Waals surface area contributed by atoms with Crippen LogP contribution in [0.15, 0.2) is 24.3 Å². The van der Waals surface area contributed by atoms with E-state index in [1.54, 1.807) is 24.3 Å². The Balaban J connectivity index is 2.32. The number of phenols is 1. The first-order valence-corrected chi connectivity index (χ1v) is 4.72. The van der Waals surface area contributed by atoms with Crippen LogP contribution in [0.3, 0.4) is 0 Å². The van der Waals surface area contributed by atoms with Crippen molar-refractivity contribution in [2.75, 3.05) is 6.61 Å². The molecule has 4 nitrogen and oxygen atoms in total. The van der Waals surface area contributed by atoms with Crippen molar-refractivity contribution >= 4 is 5.97 Å². The molecule has 0 bridgehead atoms. The lowest BCUT2D eigenvalue weighted by molar-refractivity contribution is -0.152. The predicted molar refractivity (Wildman–Crippen MR) is 54.5 cm³/mol. The van der Waals surface area contributed by atoms with Gasteiger partial charge < -0.3 is 14.9 Å². The van der Waals surface area contributed by atoms with Crippen LogP contribution in [0.25, 0.3) is 0 Å². The minimum absolute atomic E-state index is 0.208. The van der Waals surface area contributed by atoms with Gasteiger partial charge in [-0.2, -0.15) is 0 Å². The van der Waals surface area contributed by atoms with Crippen LogP contribution in [0.1, 0.15) is 12.5 Å². The zero-order valence-electron chi connectivity index (χ0n) is 8.51. The summed E-state index contributed by atoms with van der Waals surface area (Å²) in [5.74, 6) is -0.409. The summed E-state index contributed by atoms with van der Waals surface area (Å²) in [5.41, 5.74) is 0.964. The molecule has 2 N–H and O–H groups in total. The molecule has 0 fully saturated rings. The molecule has 0 aliphatic heterocycles. The van der Waals surface area contributed by atoms with E-state index in [0.717, 1.165) is 5.56 Å². The van der Waals surface area contributed by atoms with Crippen molar-refractivity contribution in [2.45, 2.75) is 19.4 Å². The van der Waals surface area contributed by atoms with Gasteiger partial charge in [0.15, 0.2) is 0 Å². The average Bonchev–Trinajstić information content (AvgIpc) is 2.20. The van der Waals surface area contributed by atoms with Crippen LogP contribution in [0.5, 0.6) is 5.75 Å². The highest BCUT2D eigenvalue weighted by atomic mass is 16.5. The lowest BCUT2D eigenvalue weighted by atomic mass is 10.1. The first-order valence-electron chi connectivity index (χ1n) is 4.72. The first-order chi connectivity index (χ1) is 7.09. The van der Waals surface area contributed by atoms with Gasteiger partial charge in [-0.25, -0.2) is 4.79 Å². The van der Waals surface area contributed by atoms with E-state index in [2.05, 4.69) is 0 Å². The molecule has 0 radical (unpaired) electrons. The maximum atomic E-state index is 10.9. The number of ether oxygens (including phenoxy) is 1. The summed E-state index contributed by atoms with van der Waals surface area (Å²) in [7, 11) is 0. The molecule has 0 unspecified atom stereocenters. The van der Waals surface area contributed by atoms with Crippen molar-refractivity contribution in [3.8, 4) is 5.75 Å². The molecule has 0 spiro atoms. The van der Waals surface area contributed by atoms with Crippen LogP contribution in [0.4, 0.5) is 0 Å². The molecule has 0 saturated carbocycles. The first kappa shape index (κ1) is 11.5. The van der Waals surface area contributed by atoms with Crippen LogP contribution in [0.2, 0.25) is 0 Å². The minimum atomic E-state index is -1.08. The van der Waals surface area contributed by atoms with Crippen molar-refractivity contribution in [2.24, 2.45) is 0 Å². The third kappa shape index (κ3) is 3.99. The van der Waals surface area contributed by atoms with Crippen LogP contribution in [0, 0.1) is 0 Å². The molecule has 82 valence electrons. The van der Waals surface area contributed by atoms with E-state index in [-0.39, 0.29) is 12.4 Å². The van der Waals surface area contributed by atoms with Crippen LogP contribution in [-0.4, -0.2) is 28.9 Å². The number of hydrogen-bond donors (Lipinski definition) is 2. The molecule has 15 heavy (non-hydrogen) atoms. The molecule has 0 aliphatic rings. The number of aliphatic hydroxyl groups excluding tert-OH is 1. The fourth-order valence-electron chi connectivity index (χ4n) is 1.05. The Hall–Kier alpha value is -1.55. The molecule has 0 aromatic heterocycles. The Morgan fingerprint density at radius 1 is 1.40 bits per heavy atom. The predicted octanol–water partition coefficient (Wildman–Crippen LogP) is 0.859. The van der Waals surface area contributed by atoms with Gasteiger partial charge in [0, 0.05) is 6.42 Å². The number of rotatable bonds is 4. The van der Waals surface area contributed by atoms with Crippen molar-refractivity contribution in [3.63, 3.8) is 0 Å². The molecule has 0 amide bonds. The highest BCUT2D eigenvalue weighted by Crippen LogP contribution is 2.09. The van der Waals surface area contributed by atoms with Gasteiger partial charge in [-0.05, 0) is 24.6 Å². The van der Waals surface area contributed by atoms with Gasteiger partial charge in [-0.1, -0.05) is 12.1 Å². The number of esters is 1. The van der Waals surface area contributed by atoms with Crippen molar-refractivity contribution in [3.05, 3.63) is 29.8 Å². The average molecular weight is 210 g/mol. The highest BCUT2D eigenvalue weighted by Gasteiger charge is 2.09. The summed E-state index contributed by atoms with van der Waals surface area (Å²) in [4.78, 5) is 10.9. The zero-order chi connectivity index (χ0) is 11.3. The summed E-state index contributed by atoms with van der Waals surface area (Å²) in [6.07, 6.45) is -0.511. The van der Waals surface area contributed by atoms with E-state index in [9.17, 15) is 4.79 Å². The number of carbonyl (C=O) groups excluding carboxylic acids is 1. The van der Waals surface area contributed by atoms with Crippen LogP contribution in [-0.2, 0) is 16.0 Å². The van der Waals surface area contributed by atoms with E-state index in [4.69, 9.17) is 14.9 Å². The maximum absolute atomic E-state index is 10.9. The Kier molecular flexibility index (Phi) is 4.12. The standard InChI is InChI=1S/C11H14O4/c1-8(12)11(14)15-7-6-9-2-4-10(13)5-3-9/h2-5,8,12-13H,6-7H2,1H3/t8-/m0/s1. The third-order valence-corrected chi connectivity index (χ3v) is 1.91. The lowest BCUT2D eigenvalue weighted by Gasteiger charge is -2.06. The Morgan fingerprint density at radius 2 is 2.00 bits per heavy atom. The third-order valence-electron chi connectivity index (χ3n) is 1.91. The van der Waals surface area contributed by atoms with Crippen LogP contribution < -0.4 is 0 Å². The summed E-state index contributed by atoms with van der Waals surface area (Å²) >= 11 is 0. The van der Waals surface area contributed by atoms with Gasteiger partial charge in [-0.3, -0.25) is 0 Å². The van der Waals surface area contributed by atoms with Gasteiger partial charge in [0.25, 0.3) is 0 Å². The number of aliphatic hydroxyl groups is 1. The van der Waals surface area contributed by atoms with Gasteiger partial charge in [0.2, 0.25) is 0 Å². The molecule has 1 aromatic rings. The van der Waals surface area contributed by atoms with Gasteiger partial charge >= 0.3 is 5.97 Å². The molecule has 1 atom stereocenters. The summed E-state index contributed by atoms with van der Waals surface area (Å²) in [5, 5.41) is 17.9. The van der Waals surface area contributed by atoms with Crippen molar-refractivity contribution < 1.29 is 19.7 Å². The van der Waals surface area contributed by atoms with E-state index in [1.807, 2.05) is 0 Å². The maximum Gasteiger partial charge on any atom is 0.334 e. The van der Waals surface area contributed by atoms with Crippen molar-refractivity contribution in [1.82, 2.24) is 0 Å². The monoisotopic (exact) mass is 210 g/mol. The highest BCUT2D eigenvalue weighted by molar-refractivity contribution is 5.73. The summed E-state index contributed by atoms with van der Waals surface area (Å²) in [6, 6.07) is 6.66. The number of carbonyl (C=O) groups is 1. The van der Waals surface area contributed by atoms with Crippen LogP contribution >= 0.6 is 0 Å². The molecule has 4 heteroatoms. The molecule has 1 aromatic carbocycles. The molecule has 0 aliphatic carbocycles. The minimum Gasteiger partial charge on any atom is -0.508 e. The summed E-state index contributed by atoms with van der Waals surface area (Å²) in [6.45, 7) is 1.59. The fraction of sp³-hybridized carbons (Fsp3) is 0.364. The van der Waals surface area contributed by atoms with Gasteiger partial charge in [0.05, 0.1) is 6.61 Å². The fourth-order valence-corrected chi connectivity index (χ4v) is 1.05. The second kappa shape index (κ2) is 5.36. The van der Waals surface area contributed by atoms with Crippen molar-refractivity contribution in [1.29, 1.82) is 0 Å². The SMILES string of the molecule is C[C@H](O)C(=O)OCCc1ccc(O)cc1. The number of aromatic hydroxyl groups is 1. The topological polar surface area (TPSA) is 66.8 Å². The zero-order valence-corrected chi connectivity index (χ0v) is 8.51. The van der Waals surface area contributed by atoms with Gasteiger partial charge in [-0.15, -0.1) is 0 Å². The second-order valence-electron chi connectivity index (χ2n) is 3.26. The molecule has 0 saturated heterocycles. The van der Waals surface area contributed by atoms with E-state index >= 15 is 0 Å². The normalized spacial score (nSPS) is 12.1. The Labute approximate surface area is 88.1 Å². The summed E-state index contributed by atoms with van der Waals surface area (Å²) < 4.78 is 4.79. The van der Waals surface area contributed by atoms with Gasteiger partial charge in [0.1, 0.15) is 11.9 Å². The molecular weight excluding hydrogens is 196 g/mol. The molecule has 1 rings (SSSR count). The largest absolute Gasteiger partial charge is 0.508 e. The van der Waals surface area contributed by atoms with E-state index < -0.39 is 12.1 Å². The van der Waals surface area contributed by atoms with E-state index in [1.165, 1.54) is 6.92 Å². The molecule has 0 heterocycles. The Bertz CT molecular complexity index is 316. The second-order valence-corrected chi connectivity index (χ2v) is 3.26. The number of hydrogen-bond acceptors (Lipinski definition) is 4. The lowest BCUT2D eigenvalue weighted by Crippen LogP contribution is -2.20. The molecular formula is C11H14O4. The quantitative estimate of drug-likeness (QED) is 0.723. The number of phenolic OH excluding ortho intramolecular Hbond substituents is 1.